The third-order valence-electron chi connectivity index (χ3n) is 3.22. The number of methoxy groups -OCH3 is 1. The van der Waals surface area contributed by atoms with Crippen LogP contribution in [0.3, 0.4) is 0 Å². The highest BCUT2D eigenvalue weighted by Crippen LogP contribution is 2.32. The molecule has 0 saturated heterocycles. The first-order chi connectivity index (χ1) is 11.1. The molecule has 3 rings (SSSR count). The molecule has 4 nitrogen and oxygen atoms in total. The average Bonchev–Trinajstić information content (AvgIpc) is 2.54. The Hall–Kier alpha value is -2.30. The molecular formula is C17H11Cl2NO3. The molecule has 0 amide bonds. The predicted molar refractivity (Wildman–Crippen MR) is 90.2 cm³/mol. The van der Waals surface area contributed by atoms with Crippen LogP contribution in [0, 0.1) is 0 Å². The van der Waals surface area contributed by atoms with Crippen LogP contribution in [0.1, 0.15) is 0 Å². The van der Waals surface area contributed by atoms with Gasteiger partial charge in [-0.25, -0.2) is 9.78 Å². The molecule has 3 aromatic rings. The van der Waals surface area contributed by atoms with Gasteiger partial charge in [0.2, 0.25) is 5.89 Å². The lowest BCUT2D eigenvalue weighted by Crippen LogP contribution is -2.03. The molecule has 0 unspecified atom stereocenters. The van der Waals surface area contributed by atoms with Gasteiger partial charge in [0, 0.05) is 10.6 Å². The zero-order chi connectivity index (χ0) is 16.4. The molecule has 0 atom stereocenters. The van der Waals surface area contributed by atoms with Crippen molar-refractivity contribution in [3.05, 3.63) is 69.0 Å². The van der Waals surface area contributed by atoms with Gasteiger partial charge in [-0.05, 0) is 30.3 Å². The molecule has 0 N–H and O–H groups in total. The van der Waals surface area contributed by atoms with E-state index in [1.54, 1.807) is 31.4 Å². The molecule has 0 aliphatic heterocycles. The molecular weight excluding hydrogens is 337 g/mol. The highest BCUT2D eigenvalue weighted by atomic mass is 35.5. The molecule has 0 aliphatic carbocycles. The molecule has 0 aliphatic rings. The largest absolute Gasteiger partial charge is 0.496 e. The van der Waals surface area contributed by atoms with Crippen molar-refractivity contribution >= 4 is 23.2 Å². The summed E-state index contributed by atoms with van der Waals surface area (Å²) in [5.74, 6) is 0.735. The molecule has 23 heavy (non-hydrogen) atoms. The average molecular weight is 348 g/mol. The SMILES string of the molecule is COc1ccccc1-c1cc(=O)oc(-c2ccc(Cl)cc2Cl)n1. The number of hydrogen-bond acceptors (Lipinski definition) is 4. The Kier molecular flexibility index (Phi) is 4.37. The van der Waals surface area contributed by atoms with E-state index >= 15 is 0 Å². The van der Waals surface area contributed by atoms with Crippen molar-refractivity contribution in [1.82, 2.24) is 4.98 Å². The van der Waals surface area contributed by atoms with Gasteiger partial charge >= 0.3 is 5.63 Å². The third kappa shape index (κ3) is 3.23. The monoisotopic (exact) mass is 347 g/mol. The normalized spacial score (nSPS) is 10.6. The fourth-order valence-corrected chi connectivity index (χ4v) is 2.66. The maximum Gasteiger partial charge on any atom is 0.339 e. The van der Waals surface area contributed by atoms with E-state index in [9.17, 15) is 4.79 Å². The second-order valence-corrected chi connectivity index (χ2v) is 5.54. The quantitative estimate of drug-likeness (QED) is 0.689. The first-order valence-electron chi connectivity index (χ1n) is 6.69. The number of para-hydroxylation sites is 1. The van der Waals surface area contributed by atoms with Gasteiger partial charge < -0.3 is 9.15 Å². The number of aromatic nitrogens is 1. The highest BCUT2D eigenvalue weighted by Gasteiger charge is 2.14. The molecule has 0 bridgehead atoms. The van der Waals surface area contributed by atoms with Crippen LogP contribution >= 0.6 is 23.2 Å². The van der Waals surface area contributed by atoms with E-state index in [-0.39, 0.29) is 5.89 Å². The van der Waals surface area contributed by atoms with Crippen LogP contribution in [-0.2, 0) is 0 Å². The Labute approximate surface area is 142 Å². The number of ether oxygens (including phenoxy) is 1. The molecule has 0 spiro atoms. The van der Waals surface area contributed by atoms with E-state index < -0.39 is 5.63 Å². The van der Waals surface area contributed by atoms with Crippen molar-refractivity contribution in [1.29, 1.82) is 0 Å². The predicted octanol–water partition coefficient (Wildman–Crippen LogP) is 4.68. The maximum atomic E-state index is 11.9. The second kappa shape index (κ2) is 6.44. The second-order valence-electron chi connectivity index (χ2n) is 4.69. The smallest absolute Gasteiger partial charge is 0.339 e. The summed E-state index contributed by atoms with van der Waals surface area (Å²) in [6.07, 6.45) is 0. The van der Waals surface area contributed by atoms with Gasteiger partial charge in [-0.2, -0.15) is 0 Å². The molecule has 1 heterocycles. The van der Waals surface area contributed by atoms with Crippen LogP contribution in [0.4, 0.5) is 0 Å². The van der Waals surface area contributed by atoms with E-state index in [0.29, 0.717) is 32.6 Å². The Bertz CT molecular complexity index is 922. The summed E-state index contributed by atoms with van der Waals surface area (Å²) >= 11 is 12.1. The van der Waals surface area contributed by atoms with E-state index in [2.05, 4.69) is 4.98 Å². The molecule has 1 aromatic heterocycles. The number of rotatable bonds is 3. The fourth-order valence-electron chi connectivity index (χ4n) is 2.17. The Morgan fingerprint density at radius 3 is 2.57 bits per heavy atom. The van der Waals surface area contributed by atoms with Crippen molar-refractivity contribution in [2.45, 2.75) is 0 Å². The summed E-state index contributed by atoms with van der Waals surface area (Å²) in [6.45, 7) is 0. The molecule has 0 fully saturated rings. The van der Waals surface area contributed by atoms with Crippen molar-refractivity contribution in [2.24, 2.45) is 0 Å². The van der Waals surface area contributed by atoms with Crippen LogP contribution in [0.5, 0.6) is 5.75 Å². The first kappa shape index (κ1) is 15.6. The number of nitrogens with zero attached hydrogens (tertiary/aromatic N) is 1. The van der Waals surface area contributed by atoms with Crippen LogP contribution in [0.2, 0.25) is 10.0 Å². The lowest BCUT2D eigenvalue weighted by atomic mass is 10.1. The van der Waals surface area contributed by atoms with Crippen LogP contribution in [0.25, 0.3) is 22.7 Å². The lowest BCUT2D eigenvalue weighted by Gasteiger charge is -2.08. The summed E-state index contributed by atoms with van der Waals surface area (Å²) in [5, 5.41) is 0.840. The number of benzene rings is 2. The number of hydrogen-bond donors (Lipinski definition) is 0. The lowest BCUT2D eigenvalue weighted by molar-refractivity contribution is 0.416. The van der Waals surface area contributed by atoms with Gasteiger partial charge in [0.1, 0.15) is 5.75 Å². The van der Waals surface area contributed by atoms with Gasteiger partial charge in [0.05, 0.1) is 29.5 Å². The zero-order valence-corrected chi connectivity index (χ0v) is 13.6. The van der Waals surface area contributed by atoms with Crippen molar-refractivity contribution < 1.29 is 9.15 Å². The Balaban J connectivity index is 2.19. The van der Waals surface area contributed by atoms with Crippen LogP contribution in [-0.4, -0.2) is 12.1 Å². The Morgan fingerprint density at radius 1 is 1.04 bits per heavy atom. The minimum absolute atomic E-state index is 0.125. The van der Waals surface area contributed by atoms with Gasteiger partial charge in [-0.15, -0.1) is 0 Å². The topological polar surface area (TPSA) is 52.3 Å². The standard InChI is InChI=1S/C17H11Cl2NO3/c1-22-15-5-3-2-4-12(15)14-9-16(21)23-17(20-14)11-7-6-10(18)8-13(11)19/h2-9H,1H3. The van der Waals surface area contributed by atoms with Crippen molar-refractivity contribution in [3.8, 4) is 28.5 Å². The van der Waals surface area contributed by atoms with E-state index in [0.717, 1.165) is 0 Å². The van der Waals surface area contributed by atoms with Crippen LogP contribution < -0.4 is 10.4 Å². The summed E-state index contributed by atoms with van der Waals surface area (Å²) in [7, 11) is 1.56. The summed E-state index contributed by atoms with van der Waals surface area (Å²) in [4.78, 5) is 16.3. The zero-order valence-electron chi connectivity index (χ0n) is 12.0. The molecule has 0 saturated carbocycles. The fraction of sp³-hybridized carbons (Fsp3) is 0.0588. The molecule has 0 radical (unpaired) electrons. The van der Waals surface area contributed by atoms with E-state index in [1.807, 2.05) is 18.2 Å². The van der Waals surface area contributed by atoms with E-state index in [4.69, 9.17) is 32.4 Å². The van der Waals surface area contributed by atoms with Crippen molar-refractivity contribution in [2.75, 3.05) is 7.11 Å². The molecule has 116 valence electrons. The van der Waals surface area contributed by atoms with Gasteiger partial charge in [0.15, 0.2) is 0 Å². The summed E-state index contributed by atoms with van der Waals surface area (Å²) in [6, 6.07) is 13.5. The summed E-state index contributed by atoms with van der Waals surface area (Å²) < 4.78 is 10.5. The molecule has 6 heteroatoms. The minimum atomic E-state index is -0.526. The number of halogens is 2. The van der Waals surface area contributed by atoms with Gasteiger partial charge in [-0.1, -0.05) is 35.3 Å². The van der Waals surface area contributed by atoms with E-state index in [1.165, 1.54) is 6.07 Å². The highest BCUT2D eigenvalue weighted by molar-refractivity contribution is 6.36. The first-order valence-corrected chi connectivity index (χ1v) is 7.45. The third-order valence-corrected chi connectivity index (χ3v) is 3.77. The van der Waals surface area contributed by atoms with Crippen LogP contribution in [0.15, 0.2) is 57.7 Å². The summed E-state index contributed by atoms with van der Waals surface area (Å²) in [5.41, 5.74) is 1.10. The van der Waals surface area contributed by atoms with Gasteiger partial charge in [0.25, 0.3) is 0 Å². The Morgan fingerprint density at radius 2 is 1.83 bits per heavy atom. The van der Waals surface area contributed by atoms with Gasteiger partial charge in [-0.3, -0.25) is 0 Å². The minimum Gasteiger partial charge on any atom is -0.496 e. The molecule has 2 aromatic carbocycles. The van der Waals surface area contributed by atoms with Crippen molar-refractivity contribution in [3.63, 3.8) is 0 Å². The maximum absolute atomic E-state index is 11.9.